The Morgan fingerprint density at radius 1 is 1.28 bits per heavy atom. The second-order valence-corrected chi connectivity index (χ2v) is 6.99. The zero-order valence-electron chi connectivity index (χ0n) is 15.2. The normalized spacial score (nSPS) is 12.2. The van der Waals surface area contributed by atoms with Crippen molar-refractivity contribution in [1.29, 1.82) is 0 Å². The summed E-state index contributed by atoms with van der Waals surface area (Å²) in [5.41, 5.74) is 0.869. The number of nitrogens with one attached hydrogen (secondary N) is 2. The highest BCUT2D eigenvalue weighted by Gasteiger charge is 2.14. The molecule has 0 aliphatic heterocycles. The molecule has 0 saturated heterocycles. The third kappa shape index (κ3) is 5.42. The van der Waals surface area contributed by atoms with Gasteiger partial charge in [0.2, 0.25) is 5.91 Å². The summed E-state index contributed by atoms with van der Waals surface area (Å²) in [6.07, 6.45) is 2.05. The molecule has 2 aromatic rings. The van der Waals surface area contributed by atoms with Gasteiger partial charge in [-0.15, -0.1) is 0 Å². The van der Waals surface area contributed by atoms with E-state index in [1.54, 1.807) is 11.7 Å². The monoisotopic (exact) mass is 362 g/mol. The number of benzene rings is 1. The number of hydrogen-bond donors (Lipinski definition) is 2. The number of nitrogens with zero attached hydrogens (tertiary/aromatic N) is 2. The van der Waals surface area contributed by atoms with Crippen molar-refractivity contribution in [2.45, 2.75) is 46.2 Å². The third-order valence-electron chi connectivity index (χ3n) is 3.99. The van der Waals surface area contributed by atoms with Crippen LogP contribution in [0.1, 0.15) is 33.6 Å². The molecule has 1 amide bonds. The molecule has 0 bridgehead atoms. The van der Waals surface area contributed by atoms with Crippen LogP contribution in [0.2, 0.25) is 0 Å². The van der Waals surface area contributed by atoms with Crippen LogP contribution in [0.25, 0.3) is 11.4 Å². The number of aromatic nitrogens is 3. The van der Waals surface area contributed by atoms with E-state index in [0.717, 1.165) is 24.2 Å². The quantitative estimate of drug-likeness (QED) is 0.705. The SMILES string of the molecule is COc1ccc(-c2n[nH]c(=S)n2CC(=O)NC(C)CCC(C)C)cc1. The van der Waals surface area contributed by atoms with Gasteiger partial charge in [0.1, 0.15) is 12.3 Å². The lowest BCUT2D eigenvalue weighted by atomic mass is 10.0. The minimum absolute atomic E-state index is 0.0662. The Morgan fingerprint density at radius 2 is 1.96 bits per heavy atom. The number of ether oxygens (including phenoxy) is 1. The van der Waals surface area contributed by atoms with E-state index in [2.05, 4.69) is 29.4 Å². The predicted molar refractivity (Wildman–Crippen MR) is 101 cm³/mol. The van der Waals surface area contributed by atoms with E-state index in [-0.39, 0.29) is 18.5 Å². The van der Waals surface area contributed by atoms with Crippen LogP contribution in [0.15, 0.2) is 24.3 Å². The Balaban J connectivity index is 2.08. The van der Waals surface area contributed by atoms with Gasteiger partial charge < -0.3 is 10.1 Å². The molecule has 1 aromatic carbocycles. The molecule has 1 aromatic heterocycles. The summed E-state index contributed by atoms with van der Waals surface area (Å²) in [5, 5.41) is 10.1. The standard InChI is InChI=1S/C18H26N4O2S/c1-12(2)5-6-13(3)19-16(23)11-22-17(20-21-18(22)25)14-7-9-15(24-4)10-8-14/h7-10,12-13H,5-6,11H2,1-4H3,(H,19,23)(H,21,25). The zero-order chi connectivity index (χ0) is 18.4. The molecule has 0 fully saturated rings. The van der Waals surface area contributed by atoms with Crippen molar-refractivity contribution in [2.75, 3.05) is 7.11 Å². The largest absolute Gasteiger partial charge is 0.497 e. The highest BCUT2D eigenvalue weighted by atomic mass is 32.1. The molecule has 6 nitrogen and oxygen atoms in total. The van der Waals surface area contributed by atoms with Crippen molar-refractivity contribution in [3.8, 4) is 17.1 Å². The molecule has 2 N–H and O–H groups in total. The van der Waals surface area contributed by atoms with Crippen molar-refractivity contribution >= 4 is 18.1 Å². The van der Waals surface area contributed by atoms with Gasteiger partial charge in [0.15, 0.2) is 10.6 Å². The van der Waals surface area contributed by atoms with E-state index >= 15 is 0 Å². The molecule has 1 atom stereocenters. The van der Waals surface area contributed by atoms with Gasteiger partial charge in [-0.1, -0.05) is 13.8 Å². The molecule has 1 heterocycles. The maximum Gasteiger partial charge on any atom is 0.240 e. The molecule has 0 saturated carbocycles. The highest BCUT2D eigenvalue weighted by molar-refractivity contribution is 7.71. The number of carbonyl (C=O) groups is 1. The minimum Gasteiger partial charge on any atom is -0.497 e. The molecule has 136 valence electrons. The second kappa shape index (κ2) is 8.80. The average Bonchev–Trinajstić information content (AvgIpc) is 2.93. The van der Waals surface area contributed by atoms with Crippen molar-refractivity contribution in [1.82, 2.24) is 20.1 Å². The molecular weight excluding hydrogens is 336 g/mol. The summed E-state index contributed by atoms with van der Waals surface area (Å²) in [7, 11) is 1.62. The molecular formula is C18H26N4O2S. The first kappa shape index (κ1) is 19.2. The smallest absolute Gasteiger partial charge is 0.240 e. The van der Waals surface area contributed by atoms with E-state index in [1.165, 1.54) is 0 Å². The molecule has 1 unspecified atom stereocenters. The van der Waals surface area contributed by atoms with Crippen LogP contribution in [0.3, 0.4) is 0 Å². The van der Waals surface area contributed by atoms with Gasteiger partial charge in [0, 0.05) is 11.6 Å². The van der Waals surface area contributed by atoms with Crippen LogP contribution in [0, 0.1) is 10.7 Å². The topological polar surface area (TPSA) is 71.9 Å². The van der Waals surface area contributed by atoms with Crippen LogP contribution < -0.4 is 10.1 Å². The molecule has 2 rings (SSSR count). The predicted octanol–water partition coefficient (Wildman–Crippen LogP) is 3.56. The summed E-state index contributed by atoms with van der Waals surface area (Å²) < 4.78 is 7.31. The second-order valence-electron chi connectivity index (χ2n) is 6.61. The van der Waals surface area contributed by atoms with Gasteiger partial charge in [0.05, 0.1) is 7.11 Å². The molecule has 25 heavy (non-hydrogen) atoms. The van der Waals surface area contributed by atoms with Crippen molar-refractivity contribution in [3.05, 3.63) is 29.0 Å². The minimum atomic E-state index is -0.0662. The van der Waals surface area contributed by atoms with Crippen LogP contribution >= 0.6 is 12.2 Å². The van der Waals surface area contributed by atoms with Crippen molar-refractivity contribution in [3.63, 3.8) is 0 Å². The summed E-state index contributed by atoms with van der Waals surface area (Å²) in [5.74, 6) is 1.96. The number of H-pyrrole nitrogens is 1. The number of aromatic amines is 1. The summed E-state index contributed by atoms with van der Waals surface area (Å²) in [6, 6.07) is 7.63. The van der Waals surface area contributed by atoms with Gasteiger partial charge in [-0.2, -0.15) is 5.10 Å². The number of carbonyl (C=O) groups excluding carboxylic acids is 1. The summed E-state index contributed by atoms with van der Waals surface area (Å²) >= 11 is 5.28. The molecule has 0 aliphatic rings. The summed E-state index contributed by atoms with van der Waals surface area (Å²) in [4.78, 5) is 12.4. The number of amides is 1. The maximum atomic E-state index is 12.4. The first-order chi connectivity index (χ1) is 11.9. The number of rotatable bonds is 8. The maximum absolute atomic E-state index is 12.4. The molecule has 0 radical (unpaired) electrons. The lowest BCUT2D eigenvalue weighted by Crippen LogP contribution is -2.35. The molecule has 0 aliphatic carbocycles. The fourth-order valence-corrected chi connectivity index (χ4v) is 2.74. The van der Waals surface area contributed by atoms with Crippen LogP contribution in [0.4, 0.5) is 0 Å². The highest BCUT2D eigenvalue weighted by Crippen LogP contribution is 2.20. The van der Waals surface area contributed by atoms with Crippen LogP contribution in [0.5, 0.6) is 5.75 Å². The van der Waals surface area contributed by atoms with E-state index < -0.39 is 0 Å². The zero-order valence-corrected chi connectivity index (χ0v) is 16.0. The molecule has 0 spiro atoms. The van der Waals surface area contributed by atoms with Gasteiger partial charge >= 0.3 is 0 Å². The Labute approximate surface area is 153 Å². The Hall–Kier alpha value is -2.15. The fourth-order valence-electron chi connectivity index (χ4n) is 2.54. The fraction of sp³-hybridized carbons (Fsp3) is 0.500. The van der Waals surface area contributed by atoms with Gasteiger partial charge in [-0.25, -0.2) is 0 Å². The third-order valence-corrected chi connectivity index (χ3v) is 4.30. The van der Waals surface area contributed by atoms with Crippen molar-refractivity contribution in [2.24, 2.45) is 5.92 Å². The Morgan fingerprint density at radius 3 is 2.56 bits per heavy atom. The Kier molecular flexibility index (Phi) is 6.75. The summed E-state index contributed by atoms with van der Waals surface area (Å²) in [6.45, 7) is 6.53. The van der Waals surface area contributed by atoms with E-state index in [0.29, 0.717) is 16.5 Å². The van der Waals surface area contributed by atoms with Gasteiger partial charge in [-0.05, 0) is 62.2 Å². The first-order valence-electron chi connectivity index (χ1n) is 8.49. The number of hydrogen-bond acceptors (Lipinski definition) is 4. The first-order valence-corrected chi connectivity index (χ1v) is 8.90. The van der Waals surface area contributed by atoms with E-state index in [9.17, 15) is 4.79 Å². The van der Waals surface area contributed by atoms with E-state index in [4.69, 9.17) is 17.0 Å². The average molecular weight is 362 g/mol. The number of methoxy groups -OCH3 is 1. The molecule has 7 heteroatoms. The Bertz CT molecular complexity index is 749. The lowest BCUT2D eigenvalue weighted by molar-refractivity contribution is -0.122. The van der Waals surface area contributed by atoms with Gasteiger partial charge in [-0.3, -0.25) is 14.5 Å². The van der Waals surface area contributed by atoms with Crippen LogP contribution in [-0.4, -0.2) is 33.8 Å². The van der Waals surface area contributed by atoms with E-state index in [1.807, 2.05) is 31.2 Å². The van der Waals surface area contributed by atoms with Crippen molar-refractivity contribution < 1.29 is 9.53 Å². The lowest BCUT2D eigenvalue weighted by Gasteiger charge is -2.15. The van der Waals surface area contributed by atoms with Gasteiger partial charge in [0.25, 0.3) is 0 Å². The van der Waals surface area contributed by atoms with Crippen LogP contribution in [-0.2, 0) is 11.3 Å².